The van der Waals surface area contributed by atoms with Crippen molar-refractivity contribution in [1.82, 2.24) is 0 Å². The van der Waals surface area contributed by atoms with Crippen LogP contribution >= 0.6 is 11.6 Å². The molecule has 0 atom stereocenters. The number of rotatable bonds is 2. The predicted molar refractivity (Wildman–Crippen MR) is 74.7 cm³/mol. The van der Waals surface area contributed by atoms with E-state index in [4.69, 9.17) is 21.6 Å². The predicted octanol–water partition coefficient (Wildman–Crippen LogP) is 4.49. The maximum absolute atomic E-state index is 8.80. The van der Waals surface area contributed by atoms with E-state index < -0.39 is 0 Å². The number of hydrogen-bond acceptors (Lipinski definition) is 2. The van der Waals surface area contributed by atoms with Crippen molar-refractivity contribution in [2.45, 2.75) is 19.3 Å². The zero-order chi connectivity index (χ0) is 13.2. The molecule has 0 radical (unpaired) electrons. The number of halogens is 1. The molecule has 0 aromatic heterocycles. The van der Waals surface area contributed by atoms with Gasteiger partial charge in [0.25, 0.3) is 0 Å². The summed E-state index contributed by atoms with van der Waals surface area (Å²) >= 11 is 6.10. The molecular formula is C16H12ClNO. The first-order valence-electron chi connectivity index (χ1n) is 6.25. The Morgan fingerprint density at radius 3 is 2.68 bits per heavy atom. The lowest BCUT2D eigenvalue weighted by Crippen LogP contribution is -1.89. The summed E-state index contributed by atoms with van der Waals surface area (Å²) in [5.74, 6) is 1.38. The van der Waals surface area contributed by atoms with Crippen LogP contribution in [0.5, 0.6) is 11.5 Å². The standard InChI is InChI=1S/C16H12ClNO/c17-15-8-11(10-18)4-7-16(15)19-14-6-5-12-2-1-3-13(12)9-14/h4-9H,1-3H2. The van der Waals surface area contributed by atoms with Crippen molar-refractivity contribution >= 4 is 11.6 Å². The molecule has 94 valence electrons. The molecule has 19 heavy (non-hydrogen) atoms. The highest BCUT2D eigenvalue weighted by atomic mass is 35.5. The Morgan fingerprint density at radius 1 is 1.05 bits per heavy atom. The van der Waals surface area contributed by atoms with Gasteiger partial charge in [-0.2, -0.15) is 5.26 Å². The van der Waals surface area contributed by atoms with Crippen molar-refractivity contribution in [3.05, 3.63) is 58.1 Å². The van der Waals surface area contributed by atoms with E-state index in [1.54, 1.807) is 18.2 Å². The molecular weight excluding hydrogens is 258 g/mol. The lowest BCUT2D eigenvalue weighted by Gasteiger charge is -2.09. The van der Waals surface area contributed by atoms with Gasteiger partial charge in [0.05, 0.1) is 16.7 Å². The van der Waals surface area contributed by atoms with E-state index in [0.717, 1.165) is 18.6 Å². The first-order valence-corrected chi connectivity index (χ1v) is 6.63. The number of nitrogens with zero attached hydrogens (tertiary/aromatic N) is 1. The summed E-state index contributed by atoms with van der Waals surface area (Å²) < 4.78 is 5.79. The topological polar surface area (TPSA) is 33.0 Å². The normalized spacial score (nSPS) is 12.8. The van der Waals surface area contributed by atoms with Gasteiger partial charge in [-0.3, -0.25) is 0 Å². The Kier molecular flexibility index (Phi) is 3.15. The molecule has 3 rings (SSSR count). The monoisotopic (exact) mass is 269 g/mol. The smallest absolute Gasteiger partial charge is 0.146 e. The van der Waals surface area contributed by atoms with Crippen LogP contribution < -0.4 is 4.74 Å². The Hall–Kier alpha value is -1.98. The largest absolute Gasteiger partial charge is 0.456 e. The molecule has 1 aliphatic carbocycles. The van der Waals surface area contributed by atoms with Gasteiger partial charge in [-0.05, 0) is 60.7 Å². The van der Waals surface area contributed by atoms with Crippen molar-refractivity contribution in [2.24, 2.45) is 0 Å². The second-order valence-electron chi connectivity index (χ2n) is 4.64. The number of benzene rings is 2. The third-order valence-electron chi connectivity index (χ3n) is 3.36. The lowest BCUT2D eigenvalue weighted by atomic mass is 10.1. The number of ether oxygens (including phenoxy) is 1. The quantitative estimate of drug-likeness (QED) is 0.804. The van der Waals surface area contributed by atoms with Crippen LogP contribution in [0.15, 0.2) is 36.4 Å². The van der Waals surface area contributed by atoms with E-state index in [9.17, 15) is 0 Å². The molecule has 0 amide bonds. The fourth-order valence-electron chi connectivity index (χ4n) is 2.39. The summed E-state index contributed by atoms with van der Waals surface area (Å²) in [7, 11) is 0. The molecule has 2 aromatic rings. The Bertz CT molecular complexity index is 673. The van der Waals surface area contributed by atoms with E-state index in [1.165, 1.54) is 17.5 Å². The number of fused-ring (bicyclic) bond motifs is 1. The second-order valence-corrected chi connectivity index (χ2v) is 5.05. The summed E-state index contributed by atoms with van der Waals surface area (Å²) in [6.07, 6.45) is 3.50. The highest BCUT2D eigenvalue weighted by Crippen LogP contribution is 2.32. The SMILES string of the molecule is N#Cc1ccc(Oc2ccc3c(c2)CCC3)c(Cl)c1. The van der Waals surface area contributed by atoms with Gasteiger partial charge in [0, 0.05) is 0 Å². The average Bonchev–Trinajstić information content (AvgIpc) is 2.88. The van der Waals surface area contributed by atoms with Gasteiger partial charge in [-0.15, -0.1) is 0 Å². The average molecular weight is 270 g/mol. The van der Waals surface area contributed by atoms with Gasteiger partial charge in [0.2, 0.25) is 0 Å². The molecule has 0 saturated heterocycles. The molecule has 0 saturated carbocycles. The van der Waals surface area contributed by atoms with Gasteiger partial charge >= 0.3 is 0 Å². The number of nitriles is 1. The summed E-state index contributed by atoms with van der Waals surface area (Å²) in [6.45, 7) is 0. The zero-order valence-electron chi connectivity index (χ0n) is 10.3. The van der Waals surface area contributed by atoms with Crippen LogP contribution in [-0.2, 0) is 12.8 Å². The number of hydrogen-bond donors (Lipinski definition) is 0. The summed E-state index contributed by atoms with van der Waals surface area (Å²) in [6, 6.07) is 13.3. The Morgan fingerprint density at radius 2 is 1.89 bits per heavy atom. The zero-order valence-corrected chi connectivity index (χ0v) is 11.1. The highest BCUT2D eigenvalue weighted by molar-refractivity contribution is 6.32. The van der Waals surface area contributed by atoms with Crippen LogP contribution in [-0.4, -0.2) is 0 Å². The Balaban J connectivity index is 1.87. The lowest BCUT2D eigenvalue weighted by molar-refractivity contribution is 0.482. The fraction of sp³-hybridized carbons (Fsp3) is 0.188. The van der Waals surface area contributed by atoms with Crippen molar-refractivity contribution in [1.29, 1.82) is 5.26 Å². The third-order valence-corrected chi connectivity index (χ3v) is 3.65. The van der Waals surface area contributed by atoms with Crippen LogP contribution in [0, 0.1) is 11.3 Å². The van der Waals surface area contributed by atoms with Gasteiger partial charge in [-0.25, -0.2) is 0 Å². The first-order chi connectivity index (χ1) is 9.26. The fourth-order valence-corrected chi connectivity index (χ4v) is 2.61. The van der Waals surface area contributed by atoms with Crippen molar-refractivity contribution < 1.29 is 4.74 Å². The molecule has 2 nitrogen and oxygen atoms in total. The van der Waals surface area contributed by atoms with Crippen molar-refractivity contribution in [3.8, 4) is 17.6 Å². The molecule has 0 aliphatic heterocycles. The van der Waals surface area contributed by atoms with Crippen LogP contribution in [0.4, 0.5) is 0 Å². The van der Waals surface area contributed by atoms with E-state index in [0.29, 0.717) is 16.3 Å². The second kappa shape index (κ2) is 4.95. The van der Waals surface area contributed by atoms with E-state index >= 15 is 0 Å². The molecule has 2 aromatic carbocycles. The van der Waals surface area contributed by atoms with E-state index in [1.807, 2.05) is 6.07 Å². The van der Waals surface area contributed by atoms with Gasteiger partial charge in [-0.1, -0.05) is 17.7 Å². The van der Waals surface area contributed by atoms with Gasteiger partial charge < -0.3 is 4.74 Å². The summed E-state index contributed by atoms with van der Waals surface area (Å²) in [5, 5.41) is 9.26. The van der Waals surface area contributed by atoms with Gasteiger partial charge in [0.1, 0.15) is 11.5 Å². The first kappa shape index (κ1) is 12.1. The molecule has 0 unspecified atom stereocenters. The van der Waals surface area contributed by atoms with Crippen molar-refractivity contribution in [3.63, 3.8) is 0 Å². The minimum atomic E-state index is 0.458. The van der Waals surface area contributed by atoms with Crippen LogP contribution in [0.3, 0.4) is 0 Å². The Labute approximate surface area is 117 Å². The van der Waals surface area contributed by atoms with Crippen LogP contribution in [0.25, 0.3) is 0 Å². The van der Waals surface area contributed by atoms with Crippen LogP contribution in [0.2, 0.25) is 5.02 Å². The highest BCUT2D eigenvalue weighted by Gasteiger charge is 2.12. The molecule has 1 aliphatic rings. The molecule has 0 N–H and O–H groups in total. The molecule has 0 bridgehead atoms. The molecule has 0 heterocycles. The maximum atomic E-state index is 8.80. The third kappa shape index (κ3) is 2.43. The summed E-state index contributed by atoms with van der Waals surface area (Å²) in [5.41, 5.74) is 3.31. The number of aryl methyl sites for hydroxylation is 2. The molecule has 3 heteroatoms. The maximum Gasteiger partial charge on any atom is 0.146 e. The van der Waals surface area contributed by atoms with Crippen molar-refractivity contribution in [2.75, 3.05) is 0 Å². The molecule has 0 spiro atoms. The minimum Gasteiger partial charge on any atom is -0.456 e. The molecule has 0 fully saturated rings. The van der Waals surface area contributed by atoms with Gasteiger partial charge in [0.15, 0.2) is 0 Å². The van der Waals surface area contributed by atoms with E-state index in [-0.39, 0.29) is 0 Å². The van der Waals surface area contributed by atoms with Crippen LogP contribution in [0.1, 0.15) is 23.1 Å². The van der Waals surface area contributed by atoms with E-state index in [2.05, 4.69) is 18.2 Å². The minimum absolute atomic E-state index is 0.458. The summed E-state index contributed by atoms with van der Waals surface area (Å²) in [4.78, 5) is 0.